The molecule has 0 fully saturated rings. The zero-order chi connectivity index (χ0) is 18.5. The maximum atomic E-state index is 12.4. The minimum atomic E-state index is -1.10. The first-order chi connectivity index (χ1) is 12.6. The molecule has 0 saturated heterocycles. The number of nitrogens with one attached hydrogen (secondary N) is 1. The molecule has 132 valence electrons. The molecule has 0 aliphatic rings. The van der Waals surface area contributed by atoms with Crippen molar-refractivity contribution in [2.24, 2.45) is 0 Å². The maximum Gasteiger partial charge on any atom is 0.326 e. The number of carboxylic acid groups (broad SMARTS) is 1. The Morgan fingerprint density at radius 3 is 2.50 bits per heavy atom. The van der Waals surface area contributed by atoms with Crippen molar-refractivity contribution in [3.8, 4) is 5.75 Å². The number of carbonyl (C=O) groups is 2. The number of carboxylic acids is 1. The van der Waals surface area contributed by atoms with E-state index in [0.717, 1.165) is 10.9 Å². The van der Waals surface area contributed by atoms with Crippen molar-refractivity contribution in [1.82, 2.24) is 10.3 Å². The summed E-state index contributed by atoms with van der Waals surface area (Å²) in [5.74, 6) is -0.934. The van der Waals surface area contributed by atoms with E-state index in [4.69, 9.17) is 4.74 Å². The summed E-state index contributed by atoms with van der Waals surface area (Å²) in [5, 5.41) is 12.9. The Kier molecular flexibility index (Phi) is 5.12. The molecule has 0 saturated carbocycles. The summed E-state index contributed by atoms with van der Waals surface area (Å²) in [5.41, 5.74) is 1.65. The van der Waals surface area contributed by atoms with E-state index in [2.05, 4.69) is 10.3 Å². The number of carbonyl (C=O) groups excluding carboxylic acids is 1. The Bertz CT molecular complexity index is 938. The van der Waals surface area contributed by atoms with Crippen molar-refractivity contribution >= 4 is 22.8 Å². The Hall–Kier alpha value is -3.41. The monoisotopic (exact) mass is 350 g/mol. The fourth-order valence-corrected chi connectivity index (χ4v) is 2.62. The van der Waals surface area contributed by atoms with Gasteiger partial charge >= 0.3 is 5.97 Å². The molecule has 2 N–H and O–H groups in total. The molecule has 1 amide bonds. The second-order valence-electron chi connectivity index (χ2n) is 5.81. The number of benzene rings is 2. The first kappa shape index (κ1) is 17.4. The van der Waals surface area contributed by atoms with Gasteiger partial charge in [0.15, 0.2) is 0 Å². The summed E-state index contributed by atoms with van der Waals surface area (Å²) in [4.78, 5) is 28.3. The maximum absolute atomic E-state index is 12.4. The molecule has 0 unspecified atom stereocenters. The van der Waals surface area contributed by atoms with Gasteiger partial charge in [-0.3, -0.25) is 4.79 Å². The van der Waals surface area contributed by atoms with Crippen LogP contribution in [0.15, 0.2) is 60.7 Å². The Morgan fingerprint density at radius 1 is 1.08 bits per heavy atom. The lowest BCUT2D eigenvalue weighted by Crippen LogP contribution is -2.42. The molecule has 0 aliphatic carbocycles. The normalized spacial score (nSPS) is 11.7. The van der Waals surface area contributed by atoms with E-state index in [1.807, 2.05) is 18.2 Å². The molecule has 0 aliphatic heterocycles. The molecule has 1 heterocycles. The zero-order valence-electron chi connectivity index (χ0n) is 14.2. The molecule has 3 aromatic rings. The number of rotatable bonds is 6. The van der Waals surface area contributed by atoms with Crippen LogP contribution in [0.1, 0.15) is 16.1 Å². The van der Waals surface area contributed by atoms with Crippen LogP contribution in [-0.2, 0) is 11.2 Å². The van der Waals surface area contributed by atoms with Gasteiger partial charge in [0, 0.05) is 11.8 Å². The zero-order valence-corrected chi connectivity index (χ0v) is 14.2. The first-order valence-corrected chi connectivity index (χ1v) is 8.09. The van der Waals surface area contributed by atoms with Crippen LogP contribution in [-0.4, -0.2) is 35.1 Å². The van der Waals surface area contributed by atoms with E-state index < -0.39 is 17.9 Å². The third-order valence-electron chi connectivity index (χ3n) is 4.03. The highest BCUT2D eigenvalue weighted by Gasteiger charge is 2.22. The molecule has 1 atom stereocenters. The van der Waals surface area contributed by atoms with Crippen LogP contribution in [0.3, 0.4) is 0 Å². The van der Waals surface area contributed by atoms with Crippen LogP contribution < -0.4 is 10.1 Å². The largest absolute Gasteiger partial charge is 0.497 e. The molecule has 0 spiro atoms. The van der Waals surface area contributed by atoms with E-state index in [-0.39, 0.29) is 12.1 Å². The van der Waals surface area contributed by atoms with Gasteiger partial charge in [-0.15, -0.1) is 0 Å². The summed E-state index contributed by atoms with van der Waals surface area (Å²) in [6.45, 7) is 0. The van der Waals surface area contributed by atoms with Crippen molar-refractivity contribution < 1.29 is 19.4 Å². The summed E-state index contributed by atoms with van der Waals surface area (Å²) in [6.07, 6.45) is 0.165. The fourth-order valence-electron chi connectivity index (χ4n) is 2.62. The highest BCUT2D eigenvalue weighted by Crippen LogP contribution is 2.14. The van der Waals surface area contributed by atoms with Gasteiger partial charge in [0.25, 0.3) is 5.91 Å². The van der Waals surface area contributed by atoms with Crippen LogP contribution in [0.5, 0.6) is 5.75 Å². The van der Waals surface area contributed by atoms with Gasteiger partial charge in [0.2, 0.25) is 0 Å². The number of aliphatic carboxylic acids is 1. The number of fused-ring (bicyclic) bond motifs is 1. The molecule has 6 heteroatoms. The minimum absolute atomic E-state index is 0.165. The molecule has 0 bridgehead atoms. The molecule has 3 rings (SSSR count). The summed E-state index contributed by atoms with van der Waals surface area (Å²) < 4.78 is 5.08. The molecule has 26 heavy (non-hydrogen) atoms. The van der Waals surface area contributed by atoms with Gasteiger partial charge in [-0.25, -0.2) is 9.78 Å². The SMILES string of the molecule is COc1ccc(C[C@H](NC(=O)c2ccc3ccccc3n2)C(=O)O)cc1. The average Bonchev–Trinajstić information content (AvgIpc) is 2.67. The lowest BCUT2D eigenvalue weighted by atomic mass is 10.1. The van der Waals surface area contributed by atoms with Gasteiger partial charge in [-0.2, -0.15) is 0 Å². The highest BCUT2D eigenvalue weighted by atomic mass is 16.5. The van der Waals surface area contributed by atoms with E-state index in [9.17, 15) is 14.7 Å². The number of hydrogen-bond donors (Lipinski definition) is 2. The Balaban J connectivity index is 1.75. The van der Waals surface area contributed by atoms with Crippen LogP contribution in [0.2, 0.25) is 0 Å². The quantitative estimate of drug-likeness (QED) is 0.713. The Labute approximate surface area is 150 Å². The minimum Gasteiger partial charge on any atom is -0.497 e. The van der Waals surface area contributed by atoms with E-state index in [1.54, 1.807) is 49.6 Å². The summed E-state index contributed by atoms with van der Waals surface area (Å²) in [7, 11) is 1.56. The summed E-state index contributed by atoms with van der Waals surface area (Å²) in [6, 6.07) is 16.8. The first-order valence-electron chi connectivity index (χ1n) is 8.09. The standard InChI is InChI=1S/C20H18N2O4/c1-26-15-9-6-13(7-10-15)12-18(20(24)25)22-19(23)17-11-8-14-4-2-3-5-16(14)21-17/h2-11,18H,12H2,1H3,(H,22,23)(H,24,25)/t18-/m0/s1. The van der Waals surface area contributed by atoms with E-state index >= 15 is 0 Å². The van der Waals surface area contributed by atoms with Crippen molar-refractivity contribution in [2.45, 2.75) is 12.5 Å². The third kappa shape index (κ3) is 3.97. The lowest BCUT2D eigenvalue weighted by Gasteiger charge is -2.15. The average molecular weight is 350 g/mol. The summed E-state index contributed by atoms with van der Waals surface area (Å²) >= 11 is 0. The molecule has 2 aromatic carbocycles. The third-order valence-corrected chi connectivity index (χ3v) is 4.03. The number of para-hydroxylation sites is 1. The second kappa shape index (κ2) is 7.65. The van der Waals surface area contributed by atoms with Crippen molar-refractivity contribution in [2.75, 3.05) is 7.11 Å². The number of pyridine rings is 1. The van der Waals surface area contributed by atoms with E-state index in [0.29, 0.717) is 11.3 Å². The van der Waals surface area contributed by atoms with Crippen molar-refractivity contribution in [3.63, 3.8) is 0 Å². The predicted molar refractivity (Wildman–Crippen MR) is 97.3 cm³/mol. The number of aromatic nitrogens is 1. The number of hydrogen-bond acceptors (Lipinski definition) is 4. The molecule has 0 radical (unpaired) electrons. The van der Waals surface area contributed by atoms with Crippen LogP contribution in [0.25, 0.3) is 10.9 Å². The number of methoxy groups -OCH3 is 1. The molecule has 6 nitrogen and oxygen atoms in total. The number of amides is 1. The van der Waals surface area contributed by atoms with Crippen molar-refractivity contribution in [1.29, 1.82) is 0 Å². The second-order valence-corrected chi connectivity index (χ2v) is 5.81. The van der Waals surface area contributed by atoms with Gasteiger partial charge in [-0.05, 0) is 29.8 Å². The molecule has 1 aromatic heterocycles. The van der Waals surface area contributed by atoms with E-state index in [1.165, 1.54) is 0 Å². The van der Waals surface area contributed by atoms with Gasteiger partial charge in [-0.1, -0.05) is 36.4 Å². The smallest absolute Gasteiger partial charge is 0.326 e. The van der Waals surface area contributed by atoms with Crippen LogP contribution >= 0.6 is 0 Å². The van der Waals surface area contributed by atoms with Gasteiger partial charge in [0.1, 0.15) is 17.5 Å². The molecular formula is C20H18N2O4. The Morgan fingerprint density at radius 2 is 1.81 bits per heavy atom. The highest BCUT2D eigenvalue weighted by molar-refractivity contribution is 5.97. The van der Waals surface area contributed by atoms with Crippen molar-refractivity contribution in [3.05, 3.63) is 71.9 Å². The van der Waals surface area contributed by atoms with Crippen LogP contribution in [0, 0.1) is 0 Å². The topological polar surface area (TPSA) is 88.5 Å². The molecular weight excluding hydrogens is 332 g/mol. The number of nitrogens with zero attached hydrogens (tertiary/aromatic N) is 1. The number of ether oxygens (including phenoxy) is 1. The fraction of sp³-hybridized carbons (Fsp3) is 0.150. The van der Waals surface area contributed by atoms with Crippen LogP contribution in [0.4, 0.5) is 0 Å². The van der Waals surface area contributed by atoms with Gasteiger partial charge < -0.3 is 15.2 Å². The predicted octanol–water partition coefficient (Wildman–Crippen LogP) is 2.67. The lowest BCUT2D eigenvalue weighted by molar-refractivity contribution is -0.139. The van der Waals surface area contributed by atoms with Gasteiger partial charge in [0.05, 0.1) is 12.6 Å².